The molecule has 1 aliphatic rings. The molecule has 2 nitrogen and oxygen atoms in total. The van der Waals surface area contributed by atoms with Crippen LogP contribution in [-0.2, 0) is 4.79 Å². The first kappa shape index (κ1) is 15.5. The highest BCUT2D eigenvalue weighted by molar-refractivity contribution is 5.77. The molecule has 0 atom stereocenters. The van der Waals surface area contributed by atoms with Crippen LogP contribution < -0.4 is 0 Å². The second-order valence-electron chi connectivity index (χ2n) is 7.17. The number of carbonyl (C=O) groups excluding carboxylic acids is 1. The van der Waals surface area contributed by atoms with Crippen LogP contribution in [-0.4, -0.2) is 22.9 Å². The number of piperidine rings is 1. The molecule has 0 aromatic carbocycles. The quantitative estimate of drug-likeness (QED) is 0.615. The van der Waals surface area contributed by atoms with E-state index in [0.29, 0.717) is 11.3 Å². The Morgan fingerprint density at radius 2 is 1.38 bits per heavy atom. The van der Waals surface area contributed by atoms with Crippen LogP contribution in [0.2, 0.25) is 0 Å². The zero-order chi connectivity index (χ0) is 13.0. The first-order valence-electron chi connectivity index (χ1n) is 6.32. The van der Waals surface area contributed by atoms with Crippen molar-refractivity contribution < 1.29 is 4.79 Å². The summed E-state index contributed by atoms with van der Waals surface area (Å²) in [5, 5.41) is 0. The van der Waals surface area contributed by atoms with Crippen LogP contribution in [0.3, 0.4) is 0 Å². The van der Waals surface area contributed by atoms with Crippen LogP contribution in [0.15, 0.2) is 0 Å². The first-order chi connectivity index (χ1) is 7.02. The van der Waals surface area contributed by atoms with Crippen molar-refractivity contribution in [2.75, 3.05) is 6.54 Å². The molecule has 0 aromatic heterocycles. The minimum absolute atomic E-state index is 0.0253. The van der Waals surface area contributed by atoms with Gasteiger partial charge in [0.25, 0.3) is 0 Å². The molecule has 0 N–H and O–H groups in total. The van der Waals surface area contributed by atoms with Gasteiger partial charge in [-0.25, -0.2) is 0 Å². The molecule has 1 aliphatic heterocycles. The molecule has 0 aliphatic carbocycles. The van der Waals surface area contributed by atoms with Gasteiger partial charge in [0.2, 0.25) is 5.91 Å². The summed E-state index contributed by atoms with van der Waals surface area (Å²) in [7, 11) is 0. The highest BCUT2D eigenvalue weighted by atomic mass is 16.2. The third-order valence-corrected chi connectivity index (χ3v) is 2.13. The maximum atomic E-state index is 11.4. The van der Waals surface area contributed by atoms with Crippen molar-refractivity contribution in [1.82, 2.24) is 4.90 Å². The normalized spacial score (nSPS) is 17.9. The number of rotatable bonds is 0. The topological polar surface area (TPSA) is 20.3 Å². The van der Waals surface area contributed by atoms with Gasteiger partial charge in [-0.15, -0.1) is 0 Å². The Morgan fingerprint density at radius 1 is 0.938 bits per heavy atom. The van der Waals surface area contributed by atoms with Gasteiger partial charge in [-0.05, 0) is 39.0 Å². The Hall–Kier alpha value is -0.530. The van der Waals surface area contributed by atoms with Crippen LogP contribution in [0.5, 0.6) is 0 Å². The Bertz CT molecular complexity index is 214. The molecule has 1 rings (SSSR count). The lowest BCUT2D eigenvalue weighted by Gasteiger charge is -2.38. The van der Waals surface area contributed by atoms with E-state index in [1.807, 2.05) is 4.90 Å². The summed E-state index contributed by atoms with van der Waals surface area (Å²) in [4.78, 5) is 13.3. The van der Waals surface area contributed by atoms with Crippen molar-refractivity contribution in [3.05, 3.63) is 0 Å². The molecule has 2 heteroatoms. The lowest BCUT2D eigenvalue weighted by Crippen LogP contribution is -2.47. The fourth-order valence-corrected chi connectivity index (χ4v) is 1.52. The van der Waals surface area contributed by atoms with E-state index < -0.39 is 0 Å². The lowest BCUT2D eigenvalue weighted by atomic mass is 10.0. The van der Waals surface area contributed by atoms with Gasteiger partial charge < -0.3 is 4.90 Å². The van der Waals surface area contributed by atoms with E-state index in [1.54, 1.807) is 0 Å². The fourth-order valence-electron chi connectivity index (χ4n) is 1.52. The van der Waals surface area contributed by atoms with Crippen LogP contribution in [0.4, 0.5) is 0 Å². The van der Waals surface area contributed by atoms with Crippen molar-refractivity contribution in [1.29, 1.82) is 0 Å². The predicted octanol–water partition coefficient (Wildman–Crippen LogP) is 3.85. The summed E-state index contributed by atoms with van der Waals surface area (Å²) in [5.74, 6) is 0.323. The summed E-state index contributed by atoms with van der Waals surface area (Å²) < 4.78 is 0. The monoisotopic (exact) mass is 227 g/mol. The van der Waals surface area contributed by atoms with Gasteiger partial charge in [0, 0.05) is 18.5 Å². The molecule has 0 spiro atoms. The molecule has 0 bridgehead atoms. The van der Waals surface area contributed by atoms with E-state index in [0.717, 1.165) is 19.4 Å². The lowest BCUT2D eigenvalue weighted by molar-refractivity contribution is -0.138. The smallest absolute Gasteiger partial charge is 0.222 e. The number of hydrogen-bond acceptors (Lipinski definition) is 1. The third-order valence-electron chi connectivity index (χ3n) is 2.13. The highest BCUT2D eigenvalue weighted by Crippen LogP contribution is 2.20. The number of hydrogen-bond donors (Lipinski definition) is 0. The first-order valence-corrected chi connectivity index (χ1v) is 6.32. The Kier molecular flexibility index (Phi) is 5.51. The summed E-state index contributed by atoms with van der Waals surface area (Å²) in [5.41, 5.74) is 0.525. The molecule has 0 unspecified atom stereocenters. The average molecular weight is 227 g/mol. The van der Waals surface area contributed by atoms with Crippen LogP contribution in [0.25, 0.3) is 0 Å². The number of nitrogens with zero attached hydrogens (tertiary/aromatic N) is 1. The van der Waals surface area contributed by atoms with E-state index in [-0.39, 0.29) is 5.54 Å². The standard InChI is InChI=1S/C9H17NO.C5H12/c1-9(2,3)10-7-5-4-6-8(10)11;1-5(2,3)4/h4-7H2,1-3H3;1-4H3. The molecule has 1 amide bonds. The number of carbonyl (C=O) groups is 1. The summed E-state index contributed by atoms with van der Waals surface area (Å²) in [6.07, 6.45) is 2.99. The van der Waals surface area contributed by atoms with Crippen molar-refractivity contribution in [2.24, 2.45) is 5.41 Å². The molecule has 0 saturated carbocycles. The van der Waals surface area contributed by atoms with E-state index in [4.69, 9.17) is 0 Å². The highest BCUT2D eigenvalue weighted by Gasteiger charge is 2.27. The fraction of sp³-hybridized carbons (Fsp3) is 0.929. The Balaban J connectivity index is 0.000000385. The van der Waals surface area contributed by atoms with E-state index in [9.17, 15) is 4.79 Å². The van der Waals surface area contributed by atoms with Crippen molar-refractivity contribution in [3.8, 4) is 0 Å². The molecule has 1 saturated heterocycles. The Labute approximate surface area is 101 Å². The van der Waals surface area contributed by atoms with Gasteiger partial charge in [-0.3, -0.25) is 4.79 Å². The van der Waals surface area contributed by atoms with Crippen molar-refractivity contribution in [2.45, 2.75) is 73.3 Å². The van der Waals surface area contributed by atoms with E-state index >= 15 is 0 Å². The van der Waals surface area contributed by atoms with Gasteiger partial charge in [0.1, 0.15) is 0 Å². The van der Waals surface area contributed by atoms with Crippen LogP contribution >= 0.6 is 0 Å². The molecule has 96 valence electrons. The van der Waals surface area contributed by atoms with Crippen molar-refractivity contribution in [3.63, 3.8) is 0 Å². The minimum Gasteiger partial charge on any atom is -0.338 e. The molecule has 1 fully saturated rings. The van der Waals surface area contributed by atoms with Gasteiger partial charge in [0.15, 0.2) is 0 Å². The third kappa shape index (κ3) is 7.72. The van der Waals surface area contributed by atoms with Gasteiger partial charge in [-0.1, -0.05) is 27.7 Å². The van der Waals surface area contributed by atoms with Crippen molar-refractivity contribution >= 4 is 5.91 Å². The second-order valence-corrected chi connectivity index (χ2v) is 7.17. The van der Waals surface area contributed by atoms with Crippen LogP contribution in [0.1, 0.15) is 67.7 Å². The number of amides is 1. The summed E-state index contributed by atoms with van der Waals surface area (Å²) >= 11 is 0. The van der Waals surface area contributed by atoms with E-state index in [2.05, 4.69) is 48.5 Å². The zero-order valence-electron chi connectivity index (χ0n) is 12.2. The predicted molar refractivity (Wildman–Crippen MR) is 70.4 cm³/mol. The molecular formula is C14H29NO. The Morgan fingerprint density at radius 3 is 1.62 bits per heavy atom. The minimum atomic E-state index is 0.0253. The molecule has 0 aromatic rings. The van der Waals surface area contributed by atoms with E-state index in [1.165, 1.54) is 6.42 Å². The largest absolute Gasteiger partial charge is 0.338 e. The maximum absolute atomic E-state index is 11.4. The molecule has 0 radical (unpaired) electrons. The summed E-state index contributed by atoms with van der Waals surface area (Å²) in [6.45, 7) is 16.0. The van der Waals surface area contributed by atoms with Gasteiger partial charge >= 0.3 is 0 Å². The maximum Gasteiger partial charge on any atom is 0.222 e. The van der Waals surface area contributed by atoms with Gasteiger partial charge in [0.05, 0.1) is 0 Å². The molecular weight excluding hydrogens is 198 g/mol. The number of likely N-dealkylation sites (tertiary alicyclic amines) is 1. The zero-order valence-corrected chi connectivity index (χ0v) is 12.2. The molecule has 16 heavy (non-hydrogen) atoms. The average Bonchev–Trinajstić information content (AvgIpc) is 1.99. The van der Waals surface area contributed by atoms with Crippen LogP contribution in [0, 0.1) is 5.41 Å². The van der Waals surface area contributed by atoms with Gasteiger partial charge in [-0.2, -0.15) is 0 Å². The SMILES string of the molecule is CC(C)(C)C.CC(C)(C)N1CCCCC1=O. The molecule has 1 heterocycles. The summed E-state index contributed by atoms with van der Waals surface area (Å²) in [6, 6.07) is 0. The second kappa shape index (κ2) is 5.70.